The van der Waals surface area contributed by atoms with E-state index in [4.69, 9.17) is 25.1 Å². The van der Waals surface area contributed by atoms with Crippen molar-refractivity contribution in [3.8, 4) is 17.2 Å². The van der Waals surface area contributed by atoms with Gasteiger partial charge >= 0.3 is 5.97 Å². The number of carboxylic acid groups (broad SMARTS) is 1. The van der Waals surface area contributed by atoms with E-state index in [1.165, 1.54) is 21.3 Å². The predicted octanol–water partition coefficient (Wildman–Crippen LogP) is 0.982. The van der Waals surface area contributed by atoms with Gasteiger partial charge in [0.1, 0.15) is 5.54 Å². The number of nitrogens with two attached hydrogens (primary N) is 1. The first kappa shape index (κ1) is 13.5. The van der Waals surface area contributed by atoms with Crippen LogP contribution >= 0.6 is 0 Å². The number of methoxy groups -OCH3 is 3. The molecule has 2 atom stereocenters. The summed E-state index contributed by atoms with van der Waals surface area (Å²) in [6.07, 6.45) is 0.404. The molecule has 1 aromatic carbocycles. The smallest absolute Gasteiger partial charge is 0.324 e. The van der Waals surface area contributed by atoms with Gasteiger partial charge in [-0.2, -0.15) is 0 Å². The number of carboxylic acids is 1. The third kappa shape index (κ3) is 2.08. The molecule has 0 amide bonds. The van der Waals surface area contributed by atoms with Gasteiger partial charge < -0.3 is 25.1 Å². The summed E-state index contributed by atoms with van der Waals surface area (Å²) < 4.78 is 15.7. The Hall–Kier alpha value is -1.95. The molecule has 1 aromatic rings. The molecule has 1 saturated carbocycles. The fourth-order valence-electron chi connectivity index (χ4n) is 2.23. The third-order valence-corrected chi connectivity index (χ3v) is 3.49. The molecule has 0 bridgehead atoms. The van der Waals surface area contributed by atoms with Crippen LogP contribution in [-0.2, 0) is 4.79 Å². The van der Waals surface area contributed by atoms with Gasteiger partial charge in [-0.25, -0.2) is 0 Å². The first-order valence-electron chi connectivity index (χ1n) is 5.80. The van der Waals surface area contributed by atoms with Gasteiger partial charge in [0.25, 0.3) is 0 Å². The second-order valence-electron chi connectivity index (χ2n) is 4.56. The summed E-state index contributed by atoms with van der Waals surface area (Å²) in [4.78, 5) is 11.1. The monoisotopic (exact) mass is 267 g/mol. The fourth-order valence-corrected chi connectivity index (χ4v) is 2.23. The molecule has 0 aromatic heterocycles. The van der Waals surface area contributed by atoms with E-state index in [9.17, 15) is 4.79 Å². The number of benzene rings is 1. The molecule has 1 aliphatic carbocycles. The van der Waals surface area contributed by atoms with Crippen molar-refractivity contribution in [2.75, 3.05) is 21.3 Å². The molecule has 19 heavy (non-hydrogen) atoms. The van der Waals surface area contributed by atoms with Gasteiger partial charge in [-0.05, 0) is 24.1 Å². The van der Waals surface area contributed by atoms with Crippen molar-refractivity contribution in [1.29, 1.82) is 0 Å². The maximum absolute atomic E-state index is 11.1. The summed E-state index contributed by atoms with van der Waals surface area (Å²) in [5.41, 5.74) is 5.39. The van der Waals surface area contributed by atoms with Crippen molar-refractivity contribution in [1.82, 2.24) is 0 Å². The molecule has 0 spiro atoms. The molecule has 3 N–H and O–H groups in total. The van der Waals surface area contributed by atoms with Crippen LogP contribution in [0.4, 0.5) is 0 Å². The minimum atomic E-state index is -1.19. The van der Waals surface area contributed by atoms with Gasteiger partial charge in [0.2, 0.25) is 5.75 Å². The van der Waals surface area contributed by atoms with Gasteiger partial charge in [0.05, 0.1) is 21.3 Å². The Morgan fingerprint density at radius 1 is 1.26 bits per heavy atom. The number of hydrogen-bond donors (Lipinski definition) is 2. The first-order chi connectivity index (χ1) is 8.97. The highest BCUT2D eigenvalue weighted by Gasteiger charge is 2.58. The minimum absolute atomic E-state index is 0.237. The first-order valence-corrected chi connectivity index (χ1v) is 5.80. The average molecular weight is 267 g/mol. The van der Waals surface area contributed by atoms with E-state index in [2.05, 4.69) is 0 Å². The molecule has 104 valence electrons. The van der Waals surface area contributed by atoms with E-state index in [1.54, 1.807) is 12.1 Å². The Labute approximate surface area is 111 Å². The maximum Gasteiger partial charge on any atom is 0.324 e. The maximum atomic E-state index is 11.1. The zero-order valence-corrected chi connectivity index (χ0v) is 11.1. The van der Waals surface area contributed by atoms with Crippen molar-refractivity contribution in [3.63, 3.8) is 0 Å². The van der Waals surface area contributed by atoms with Crippen LogP contribution in [0.25, 0.3) is 0 Å². The lowest BCUT2D eigenvalue weighted by Crippen LogP contribution is -2.34. The second kappa shape index (κ2) is 4.62. The van der Waals surface area contributed by atoms with Gasteiger partial charge in [-0.1, -0.05) is 0 Å². The summed E-state index contributed by atoms with van der Waals surface area (Å²) in [7, 11) is 4.55. The Balaban J connectivity index is 2.41. The highest BCUT2D eigenvalue weighted by molar-refractivity contribution is 5.85. The lowest BCUT2D eigenvalue weighted by molar-refractivity contribution is -0.139. The summed E-state index contributed by atoms with van der Waals surface area (Å²) in [6.45, 7) is 0. The van der Waals surface area contributed by atoms with Crippen LogP contribution in [0.2, 0.25) is 0 Å². The third-order valence-electron chi connectivity index (χ3n) is 3.49. The lowest BCUT2D eigenvalue weighted by atomic mass is 10.1. The van der Waals surface area contributed by atoms with Crippen molar-refractivity contribution in [2.45, 2.75) is 17.9 Å². The summed E-state index contributed by atoms with van der Waals surface area (Å²) >= 11 is 0. The Kier molecular flexibility index (Phi) is 3.28. The molecule has 0 aliphatic heterocycles. The van der Waals surface area contributed by atoms with Crippen molar-refractivity contribution < 1.29 is 24.1 Å². The Morgan fingerprint density at radius 3 is 2.11 bits per heavy atom. The predicted molar refractivity (Wildman–Crippen MR) is 68.0 cm³/mol. The zero-order valence-electron chi connectivity index (χ0n) is 11.1. The number of ether oxygens (including phenoxy) is 3. The van der Waals surface area contributed by atoms with Crippen LogP contribution in [0.3, 0.4) is 0 Å². The van der Waals surface area contributed by atoms with Gasteiger partial charge in [0, 0.05) is 5.92 Å². The second-order valence-corrected chi connectivity index (χ2v) is 4.56. The molecule has 2 rings (SSSR count). The lowest BCUT2D eigenvalue weighted by Gasteiger charge is -2.14. The summed E-state index contributed by atoms with van der Waals surface area (Å²) in [5.74, 6) is 0.241. The van der Waals surface area contributed by atoms with E-state index in [1.807, 2.05) is 0 Å². The van der Waals surface area contributed by atoms with Crippen LogP contribution in [0, 0.1) is 0 Å². The Bertz CT molecular complexity index is 491. The van der Waals surface area contributed by atoms with Crippen LogP contribution in [0.5, 0.6) is 17.2 Å². The number of carbonyl (C=O) groups is 1. The van der Waals surface area contributed by atoms with E-state index in [-0.39, 0.29) is 5.92 Å². The number of hydrogen-bond acceptors (Lipinski definition) is 5. The van der Waals surface area contributed by atoms with E-state index >= 15 is 0 Å². The molecule has 1 fully saturated rings. The molecule has 0 saturated heterocycles. The molecule has 2 unspecified atom stereocenters. The molecular formula is C13H17NO5. The Morgan fingerprint density at radius 2 is 1.79 bits per heavy atom. The number of rotatable bonds is 5. The summed E-state index contributed by atoms with van der Waals surface area (Å²) in [5, 5.41) is 9.09. The molecule has 6 nitrogen and oxygen atoms in total. The highest BCUT2D eigenvalue weighted by atomic mass is 16.5. The fraction of sp³-hybridized carbons (Fsp3) is 0.462. The van der Waals surface area contributed by atoms with Crippen LogP contribution in [-0.4, -0.2) is 37.9 Å². The molecule has 0 radical (unpaired) electrons. The molecule has 6 heteroatoms. The normalized spacial score (nSPS) is 24.7. The van der Waals surface area contributed by atoms with Crippen molar-refractivity contribution >= 4 is 5.97 Å². The van der Waals surface area contributed by atoms with E-state index in [0.717, 1.165) is 5.56 Å². The van der Waals surface area contributed by atoms with Gasteiger partial charge in [-0.15, -0.1) is 0 Å². The zero-order chi connectivity index (χ0) is 14.2. The van der Waals surface area contributed by atoms with Gasteiger partial charge in [-0.3, -0.25) is 4.79 Å². The van der Waals surface area contributed by atoms with Crippen LogP contribution < -0.4 is 19.9 Å². The largest absolute Gasteiger partial charge is 0.493 e. The SMILES string of the molecule is COc1cc(C2CC2(N)C(=O)O)cc(OC)c1OC. The molecule has 0 heterocycles. The van der Waals surface area contributed by atoms with Crippen LogP contribution in [0.15, 0.2) is 12.1 Å². The minimum Gasteiger partial charge on any atom is -0.493 e. The number of aliphatic carboxylic acids is 1. The van der Waals surface area contributed by atoms with Crippen molar-refractivity contribution in [2.24, 2.45) is 5.73 Å². The standard InChI is InChI=1S/C13H17NO5/c1-17-9-4-7(5-10(18-2)11(9)19-3)8-6-13(8,14)12(15)16/h4-5,8H,6,14H2,1-3H3,(H,15,16). The van der Waals surface area contributed by atoms with E-state index < -0.39 is 11.5 Å². The summed E-state index contributed by atoms with van der Waals surface area (Å²) in [6, 6.07) is 3.48. The molecule has 1 aliphatic rings. The topological polar surface area (TPSA) is 91.0 Å². The highest BCUT2D eigenvalue weighted by Crippen LogP contribution is 2.52. The van der Waals surface area contributed by atoms with Crippen molar-refractivity contribution in [3.05, 3.63) is 17.7 Å². The molecular weight excluding hydrogens is 250 g/mol. The quantitative estimate of drug-likeness (QED) is 0.826. The van der Waals surface area contributed by atoms with E-state index in [0.29, 0.717) is 23.7 Å². The van der Waals surface area contributed by atoms with Crippen LogP contribution in [0.1, 0.15) is 17.9 Å². The van der Waals surface area contributed by atoms with Gasteiger partial charge in [0.15, 0.2) is 11.5 Å². The average Bonchev–Trinajstić information content (AvgIpc) is 3.10.